The van der Waals surface area contributed by atoms with Crippen molar-refractivity contribution in [3.63, 3.8) is 0 Å². The van der Waals surface area contributed by atoms with Crippen LogP contribution in [0.15, 0.2) is 0 Å². The molecule has 0 spiro atoms. The molecule has 4 N–H and O–H groups in total. The minimum absolute atomic E-state index is 0.0445. The predicted molar refractivity (Wildman–Crippen MR) is 118 cm³/mol. The Balaban J connectivity index is 1.91. The molecule has 1 rings (SSSR count). The van der Waals surface area contributed by atoms with E-state index in [-0.39, 0.29) is 42.4 Å². The number of carbonyl (C=O) groups is 3. The number of hydrogen-bond acceptors (Lipinski definition) is 7. The number of ether oxygens (including phenoxy) is 3. The van der Waals surface area contributed by atoms with Gasteiger partial charge in [0.1, 0.15) is 5.78 Å². The molecule has 1 aliphatic carbocycles. The monoisotopic (exact) mass is 443 g/mol. The van der Waals surface area contributed by atoms with Gasteiger partial charge in [-0.15, -0.1) is 0 Å². The molecule has 0 aromatic rings. The van der Waals surface area contributed by atoms with Gasteiger partial charge in [0.2, 0.25) is 11.8 Å². The highest BCUT2D eigenvalue weighted by molar-refractivity contribution is 5.84. The average Bonchev–Trinajstić information content (AvgIpc) is 2.75. The van der Waals surface area contributed by atoms with Crippen LogP contribution in [0.4, 0.5) is 0 Å². The molecule has 2 atom stereocenters. The highest BCUT2D eigenvalue weighted by atomic mass is 16.5. The van der Waals surface area contributed by atoms with Crippen LogP contribution in [0.3, 0.4) is 0 Å². The summed E-state index contributed by atoms with van der Waals surface area (Å²) < 4.78 is 16.1. The summed E-state index contributed by atoms with van der Waals surface area (Å²) in [5.74, 6) is -0.0223. The maximum atomic E-state index is 12.1. The van der Waals surface area contributed by atoms with Crippen LogP contribution in [-0.4, -0.2) is 76.4 Å². The molecule has 2 amide bonds. The first-order valence-electron chi connectivity index (χ1n) is 11.5. The fraction of sp³-hybridized carbons (Fsp3) is 0.864. The third kappa shape index (κ3) is 15.0. The second-order valence-electron chi connectivity index (χ2n) is 7.92. The fourth-order valence-electron chi connectivity index (χ4n) is 3.43. The van der Waals surface area contributed by atoms with Gasteiger partial charge in [-0.25, -0.2) is 0 Å². The Morgan fingerprint density at radius 3 is 2.13 bits per heavy atom. The van der Waals surface area contributed by atoms with E-state index in [4.69, 9.17) is 19.9 Å². The maximum Gasteiger partial charge on any atom is 0.220 e. The van der Waals surface area contributed by atoms with Gasteiger partial charge >= 0.3 is 0 Å². The molecule has 180 valence electrons. The Hall–Kier alpha value is -1.55. The molecule has 9 nitrogen and oxygen atoms in total. The topological polar surface area (TPSA) is 129 Å². The van der Waals surface area contributed by atoms with Crippen molar-refractivity contribution in [2.24, 2.45) is 11.7 Å². The minimum Gasteiger partial charge on any atom is -0.379 e. The van der Waals surface area contributed by atoms with Crippen LogP contribution in [0, 0.1) is 5.92 Å². The molecule has 0 aromatic heterocycles. The van der Waals surface area contributed by atoms with Crippen molar-refractivity contribution in [1.82, 2.24) is 10.6 Å². The van der Waals surface area contributed by atoms with Crippen molar-refractivity contribution in [2.75, 3.05) is 52.7 Å². The standard InChI is InChI=1S/C22H41N3O6/c1-18(26)19-5-2-6-20(17-19)25-22(28)8-7-21(27)24-10-4-12-30-14-16-31-15-13-29-11-3-9-23/h19-20H,2-17,23H2,1H3,(H,24,27)(H,25,28). The number of hydrogen-bond donors (Lipinski definition) is 3. The Kier molecular flexibility index (Phi) is 16.0. The summed E-state index contributed by atoms with van der Waals surface area (Å²) in [4.78, 5) is 35.4. The lowest BCUT2D eigenvalue weighted by Gasteiger charge is -2.28. The van der Waals surface area contributed by atoms with E-state index in [1.165, 1.54) is 0 Å². The molecule has 0 aromatic carbocycles. The van der Waals surface area contributed by atoms with Crippen LogP contribution >= 0.6 is 0 Å². The van der Waals surface area contributed by atoms with E-state index in [1.807, 2.05) is 0 Å². The molecular weight excluding hydrogens is 402 g/mol. The van der Waals surface area contributed by atoms with E-state index < -0.39 is 0 Å². The van der Waals surface area contributed by atoms with E-state index in [0.29, 0.717) is 65.6 Å². The lowest BCUT2D eigenvalue weighted by atomic mass is 9.83. The molecule has 0 aliphatic heterocycles. The van der Waals surface area contributed by atoms with Crippen molar-refractivity contribution in [3.05, 3.63) is 0 Å². The zero-order valence-corrected chi connectivity index (χ0v) is 19.0. The lowest BCUT2D eigenvalue weighted by Crippen LogP contribution is -2.40. The summed E-state index contributed by atoms with van der Waals surface area (Å²) in [5, 5.41) is 5.76. The summed E-state index contributed by atoms with van der Waals surface area (Å²) in [6.45, 7) is 6.07. The molecule has 0 saturated heterocycles. The summed E-state index contributed by atoms with van der Waals surface area (Å²) in [6, 6.07) is 0.0445. The number of carbonyl (C=O) groups excluding carboxylic acids is 3. The molecular formula is C22H41N3O6. The third-order valence-corrected chi connectivity index (χ3v) is 5.22. The molecule has 0 radical (unpaired) electrons. The van der Waals surface area contributed by atoms with Crippen molar-refractivity contribution in [2.45, 2.75) is 64.3 Å². The number of ketones is 1. The van der Waals surface area contributed by atoms with Crippen LogP contribution in [0.1, 0.15) is 58.3 Å². The normalized spacial score (nSPS) is 18.5. The summed E-state index contributed by atoms with van der Waals surface area (Å²) >= 11 is 0. The molecule has 0 heterocycles. The van der Waals surface area contributed by atoms with Crippen molar-refractivity contribution in [3.8, 4) is 0 Å². The first-order chi connectivity index (χ1) is 15.0. The molecule has 1 saturated carbocycles. The summed E-state index contributed by atoms with van der Waals surface area (Å²) in [6.07, 6.45) is 5.35. The number of Topliss-reactive ketones (excluding diaryl/α,β-unsaturated/α-hetero) is 1. The first-order valence-corrected chi connectivity index (χ1v) is 11.5. The van der Waals surface area contributed by atoms with E-state index in [2.05, 4.69) is 10.6 Å². The van der Waals surface area contributed by atoms with Gasteiger partial charge in [0.25, 0.3) is 0 Å². The number of nitrogens with two attached hydrogens (primary N) is 1. The predicted octanol–water partition coefficient (Wildman–Crippen LogP) is 0.936. The van der Waals surface area contributed by atoms with Crippen molar-refractivity contribution >= 4 is 17.6 Å². The van der Waals surface area contributed by atoms with Gasteiger partial charge in [-0.05, 0) is 45.6 Å². The van der Waals surface area contributed by atoms with Crippen LogP contribution < -0.4 is 16.4 Å². The third-order valence-electron chi connectivity index (χ3n) is 5.22. The smallest absolute Gasteiger partial charge is 0.220 e. The van der Waals surface area contributed by atoms with Gasteiger partial charge in [-0.3, -0.25) is 14.4 Å². The average molecular weight is 444 g/mol. The Bertz CT molecular complexity index is 517. The largest absolute Gasteiger partial charge is 0.379 e. The van der Waals surface area contributed by atoms with E-state index in [0.717, 1.165) is 25.7 Å². The number of nitrogens with one attached hydrogen (secondary N) is 2. The second kappa shape index (κ2) is 18.1. The zero-order valence-electron chi connectivity index (χ0n) is 19.0. The fourth-order valence-corrected chi connectivity index (χ4v) is 3.43. The Morgan fingerprint density at radius 2 is 1.48 bits per heavy atom. The van der Waals surface area contributed by atoms with Gasteiger partial charge in [0.15, 0.2) is 0 Å². The van der Waals surface area contributed by atoms with Crippen molar-refractivity contribution in [1.29, 1.82) is 0 Å². The molecule has 9 heteroatoms. The zero-order chi connectivity index (χ0) is 22.7. The van der Waals surface area contributed by atoms with Crippen LogP contribution in [-0.2, 0) is 28.6 Å². The molecule has 2 unspecified atom stereocenters. The van der Waals surface area contributed by atoms with Gasteiger partial charge in [0, 0.05) is 44.6 Å². The van der Waals surface area contributed by atoms with Crippen LogP contribution in [0.5, 0.6) is 0 Å². The summed E-state index contributed by atoms with van der Waals surface area (Å²) in [5.41, 5.74) is 5.37. The van der Waals surface area contributed by atoms with Gasteiger partial charge in [0.05, 0.1) is 26.4 Å². The Morgan fingerprint density at radius 1 is 0.871 bits per heavy atom. The van der Waals surface area contributed by atoms with Gasteiger partial charge in [-0.1, -0.05) is 6.42 Å². The molecule has 1 aliphatic rings. The van der Waals surface area contributed by atoms with E-state index in [1.54, 1.807) is 6.92 Å². The maximum absolute atomic E-state index is 12.1. The number of amides is 2. The first kappa shape index (κ1) is 27.5. The highest BCUT2D eigenvalue weighted by Gasteiger charge is 2.25. The Labute approximate surface area is 186 Å². The molecule has 0 bridgehead atoms. The van der Waals surface area contributed by atoms with Crippen molar-refractivity contribution < 1.29 is 28.6 Å². The number of rotatable bonds is 18. The van der Waals surface area contributed by atoms with Gasteiger partial charge < -0.3 is 30.6 Å². The van der Waals surface area contributed by atoms with Crippen LogP contribution in [0.2, 0.25) is 0 Å². The quantitative estimate of drug-likeness (QED) is 0.269. The molecule has 31 heavy (non-hydrogen) atoms. The lowest BCUT2D eigenvalue weighted by molar-refractivity contribution is -0.127. The second-order valence-corrected chi connectivity index (χ2v) is 7.92. The van der Waals surface area contributed by atoms with E-state index >= 15 is 0 Å². The molecule has 1 fully saturated rings. The van der Waals surface area contributed by atoms with E-state index in [9.17, 15) is 14.4 Å². The minimum atomic E-state index is -0.140. The van der Waals surface area contributed by atoms with Gasteiger partial charge in [-0.2, -0.15) is 0 Å². The highest BCUT2D eigenvalue weighted by Crippen LogP contribution is 2.25. The SMILES string of the molecule is CC(=O)C1CCCC(NC(=O)CCC(=O)NCCCOCCOCCOCCCN)C1. The summed E-state index contributed by atoms with van der Waals surface area (Å²) in [7, 11) is 0. The van der Waals surface area contributed by atoms with Crippen LogP contribution in [0.25, 0.3) is 0 Å².